The second kappa shape index (κ2) is 6.47. The van der Waals surface area contributed by atoms with Crippen LogP contribution in [0, 0.1) is 0 Å². The Morgan fingerprint density at radius 3 is 2.75 bits per heavy atom. The Morgan fingerprint density at radius 1 is 1.56 bits per heavy atom. The zero-order valence-electron chi connectivity index (χ0n) is 10.3. The lowest BCUT2D eigenvalue weighted by Gasteiger charge is -2.39. The number of hydrogen-bond donors (Lipinski definition) is 1. The van der Waals surface area contributed by atoms with Crippen molar-refractivity contribution in [3.05, 3.63) is 0 Å². The molecule has 94 valence electrons. The zero-order valence-corrected chi connectivity index (χ0v) is 11.2. The number of amides is 1. The van der Waals surface area contributed by atoms with Crippen LogP contribution in [-0.2, 0) is 4.79 Å². The van der Waals surface area contributed by atoms with Crippen molar-refractivity contribution in [1.29, 1.82) is 0 Å². The van der Waals surface area contributed by atoms with Gasteiger partial charge in [0.2, 0.25) is 5.91 Å². The summed E-state index contributed by atoms with van der Waals surface area (Å²) in [6.45, 7) is 1.25. The Bertz CT molecular complexity index is 236. The van der Waals surface area contributed by atoms with E-state index in [4.69, 9.17) is 0 Å². The van der Waals surface area contributed by atoms with E-state index in [2.05, 4.69) is 0 Å². The Balaban J connectivity index is 2.41. The minimum atomic E-state index is -0.415. The molecule has 1 amide bonds. The lowest BCUT2D eigenvalue weighted by Crippen LogP contribution is -2.53. The minimum absolute atomic E-state index is 0.172. The van der Waals surface area contributed by atoms with Gasteiger partial charge in [0.1, 0.15) is 0 Å². The predicted molar refractivity (Wildman–Crippen MR) is 67.7 cm³/mol. The van der Waals surface area contributed by atoms with Gasteiger partial charge in [-0.2, -0.15) is 11.8 Å². The monoisotopic (exact) mass is 246 g/mol. The van der Waals surface area contributed by atoms with Crippen LogP contribution in [0.3, 0.4) is 0 Å². The standard InChI is InChI=1S/C11H22N2O2S/c1-12(2)9-4-6-13(8-10(9)14)11(15)5-7-16-3/h9-10,14H,4-8H2,1-3H3/t9-,10-/m0/s1. The van der Waals surface area contributed by atoms with E-state index >= 15 is 0 Å². The maximum Gasteiger partial charge on any atom is 0.223 e. The average Bonchev–Trinajstić information content (AvgIpc) is 2.25. The number of likely N-dealkylation sites (N-methyl/N-ethyl adjacent to an activating group) is 1. The molecule has 5 heteroatoms. The highest BCUT2D eigenvalue weighted by Gasteiger charge is 2.30. The number of aliphatic hydroxyl groups excluding tert-OH is 1. The Hall–Kier alpha value is -0.260. The summed E-state index contributed by atoms with van der Waals surface area (Å²) in [5.41, 5.74) is 0. The molecular weight excluding hydrogens is 224 g/mol. The van der Waals surface area contributed by atoms with Crippen molar-refractivity contribution in [1.82, 2.24) is 9.80 Å². The van der Waals surface area contributed by atoms with Gasteiger partial charge in [0.05, 0.1) is 6.10 Å². The van der Waals surface area contributed by atoms with Gasteiger partial charge in [-0.05, 0) is 26.8 Å². The van der Waals surface area contributed by atoms with Crippen LogP contribution in [0.4, 0.5) is 0 Å². The van der Waals surface area contributed by atoms with E-state index in [1.165, 1.54) is 0 Å². The van der Waals surface area contributed by atoms with Crippen molar-refractivity contribution in [2.45, 2.75) is 25.0 Å². The molecule has 0 aromatic rings. The van der Waals surface area contributed by atoms with Gasteiger partial charge in [0.25, 0.3) is 0 Å². The summed E-state index contributed by atoms with van der Waals surface area (Å²) in [6.07, 6.45) is 3.03. The summed E-state index contributed by atoms with van der Waals surface area (Å²) in [5, 5.41) is 9.94. The molecule has 0 saturated carbocycles. The second-order valence-electron chi connectivity index (χ2n) is 4.47. The molecule has 2 atom stereocenters. The molecule has 0 aromatic heterocycles. The van der Waals surface area contributed by atoms with Crippen LogP contribution < -0.4 is 0 Å². The Morgan fingerprint density at radius 2 is 2.25 bits per heavy atom. The van der Waals surface area contributed by atoms with Crippen molar-refractivity contribution in [3.8, 4) is 0 Å². The molecule has 0 radical (unpaired) electrons. The molecule has 1 aliphatic rings. The number of piperidine rings is 1. The molecule has 4 nitrogen and oxygen atoms in total. The molecule has 0 aromatic carbocycles. The van der Waals surface area contributed by atoms with Crippen molar-refractivity contribution in [3.63, 3.8) is 0 Å². The van der Waals surface area contributed by atoms with Crippen LogP contribution in [-0.4, -0.2) is 72.2 Å². The first-order valence-electron chi connectivity index (χ1n) is 5.67. The number of nitrogens with zero attached hydrogens (tertiary/aromatic N) is 2. The molecule has 1 rings (SSSR count). The van der Waals surface area contributed by atoms with Gasteiger partial charge < -0.3 is 14.9 Å². The minimum Gasteiger partial charge on any atom is -0.390 e. The van der Waals surface area contributed by atoms with Crippen molar-refractivity contribution < 1.29 is 9.90 Å². The lowest BCUT2D eigenvalue weighted by molar-refractivity contribution is -0.135. The summed E-state index contributed by atoms with van der Waals surface area (Å²) in [5.74, 6) is 1.04. The van der Waals surface area contributed by atoms with Crippen LogP contribution in [0.15, 0.2) is 0 Å². The molecule has 1 heterocycles. The fourth-order valence-electron chi connectivity index (χ4n) is 2.10. The normalized spacial score (nSPS) is 26.2. The van der Waals surface area contributed by atoms with E-state index in [9.17, 15) is 9.90 Å². The van der Waals surface area contributed by atoms with Gasteiger partial charge in [0.15, 0.2) is 0 Å². The Kier molecular flexibility index (Phi) is 5.58. The second-order valence-corrected chi connectivity index (χ2v) is 5.46. The van der Waals surface area contributed by atoms with Gasteiger partial charge in [-0.3, -0.25) is 4.79 Å². The Labute approximate surface area is 102 Å². The number of rotatable bonds is 4. The third kappa shape index (κ3) is 3.64. The van der Waals surface area contributed by atoms with E-state index in [0.717, 1.165) is 18.7 Å². The first-order valence-corrected chi connectivity index (χ1v) is 7.07. The maximum absolute atomic E-state index is 11.8. The van der Waals surface area contributed by atoms with Gasteiger partial charge >= 0.3 is 0 Å². The molecule has 1 saturated heterocycles. The van der Waals surface area contributed by atoms with Crippen LogP contribution in [0.2, 0.25) is 0 Å². The van der Waals surface area contributed by atoms with Crippen LogP contribution in [0.5, 0.6) is 0 Å². The van der Waals surface area contributed by atoms with Gasteiger partial charge in [-0.15, -0.1) is 0 Å². The number of carbonyl (C=O) groups excluding carboxylic acids is 1. The van der Waals surface area contributed by atoms with Crippen molar-refractivity contribution >= 4 is 17.7 Å². The molecule has 1 N–H and O–H groups in total. The van der Waals surface area contributed by atoms with Crippen molar-refractivity contribution in [2.24, 2.45) is 0 Å². The van der Waals surface area contributed by atoms with E-state index in [1.807, 2.05) is 25.3 Å². The van der Waals surface area contributed by atoms with E-state index < -0.39 is 6.10 Å². The number of hydrogen-bond acceptors (Lipinski definition) is 4. The van der Waals surface area contributed by atoms with Gasteiger partial charge in [-0.25, -0.2) is 0 Å². The molecule has 0 bridgehead atoms. The highest BCUT2D eigenvalue weighted by atomic mass is 32.2. The molecular formula is C11H22N2O2S. The SMILES string of the molecule is CSCCC(=O)N1CC[C@H](N(C)C)[C@@H](O)C1. The zero-order chi connectivity index (χ0) is 12.1. The highest BCUT2D eigenvalue weighted by Crippen LogP contribution is 2.16. The van der Waals surface area contributed by atoms with Gasteiger partial charge in [0, 0.05) is 31.3 Å². The summed E-state index contributed by atoms with van der Waals surface area (Å²) in [4.78, 5) is 15.6. The van der Waals surface area contributed by atoms with E-state index in [1.54, 1.807) is 16.7 Å². The third-order valence-corrected chi connectivity index (χ3v) is 3.69. The molecule has 16 heavy (non-hydrogen) atoms. The average molecular weight is 246 g/mol. The molecule has 0 unspecified atom stereocenters. The molecule has 1 aliphatic heterocycles. The summed E-state index contributed by atoms with van der Waals surface area (Å²) >= 11 is 1.68. The topological polar surface area (TPSA) is 43.8 Å². The summed E-state index contributed by atoms with van der Waals surface area (Å²) in [7, 11) is 3.94. The lowest BCUT2D eigenvalue weighted by atomic mass is 10.0. The maximum atomic E-state index is 11.8. The first kappa shape index (κ1) is 13.8. The number of likely N-dealkylation sites (tertiary alicyclic amines) is 1. The molecule has 1 fully saturated rings. The smallest absolute Gasteiger partial charge is 0.223 e. The largest absolute Gasteiger partial charge is 0.390 e. The molecule has 0 spiro atoms. The van der Waals surface area contributed by atoms with Crippen LogP contribution in [0.1, 0.15) is 12.8 Å². The third-order valence-electron chi connectivity index (χ3n) is 3.08. The van der Waals surface area contributed by atoms with E-state index in [0.29, 0.717) is 13.0 Å². The number of carbonyl (C=O) groups is 1. The highest BCUT2D eigenvalue weighted by molar-refractivity contribution is 7.98. The predicted octanol–water partition coefficient (Wildman–Crippen LogP) is 0.263. The van der Waals surface area contributed by atoms with Crippen LogP contribution >= 0.6 is 11.8 Å². The number of aliphatic hydroxyl groups is 1. The fourth-order valence-corrected chi connectivity index (χ4v) is 2.47. The first-order chi connectivity index (χ1) is 7.56. The quantitative estimate of drug-likeness (QED) is 0.773. The number of β-amino-alcohol motifs (C(OH)–C–C–N with tert-alkyl or cyclic N) is 1. The fraction of sp³-hybridized carbons (Fsp3) is 0.909. The molecule has 0 aliphatic carbocycles. The van der Waals surface area contributed by atoms with Crippen LogP contribution in [0.25, 0.3) is 0 Å². The van der Waals surface area contributed by atoms with Crippen molar-refractivity contribution in [2.75, 3.05) is 39.2 Å². The summed E-state index contributed by atoms with van der Waals surface area (Å²) in [6, 6.07) is 0.185. The summed E-state index contributed by atoms with van der Waals surface area (Å²) < 4.78 is 0. The van der Waals surface area contributed by atoms with E-state index in [-0.39, 0.29) is 11.9 Å². The van der Waals surface area contributed by atoms with Gasteiger partial charge in [-0.1, -0.05) is 0 Å². The number of thioether (sulfide) groups is 1.